The molecule has 2 aromatic heterocycles. The number of carbonyl (C=O) groups is 1. The third kappa shape index (κ3) is 4.14. The number of nitrogens with one attached hydrogen (secondary N) is 1. The molecule has 0 aliphatic heterocycles. The summed E-state index contributed by atoms with van der Waals surface area (Å²) in [6.45, 7) is 1.77. The second kappa shape index (κ2) is 6.59. The normalized spacial score (nSPS) is 10.6. The van der Waals surface area contributed by atoms with Gasteiger partial charge in [0, 0.05) is 25.8 Å². The lowest BCUT2D eigenvalue weighted by Gasteiger charge is -2.04. The van der Waals surface area contributed by atoms with Gasteiger partial charge in [-0.25, -0.2) is 4.68 Å². The Morgan fingerprint density at radius 3 is 2.95 bits per heavy atom. The molecule has 1 amide bonds. The van der Waals surface area contributed by atoms with Crippen LogP contribution in [-0.4, -0.2) is 42.4 Å². The van der Waals surface area contributed by atoms with Crippen LogP contribution in [0.3, 0.4) is 0 Å². The summed E-state index contributed by atoms with van der Waals surface area (Å²) in [6, 6.07) is 0. The number of rotatable bonds is 7. The van der Waals surface area contributed by atoms with Crippen LogP contribution in [0.4, 0.5) is 0 Å². The minimum atomic E-state index is -0.105. The van der Waals surface area contributed by atoms with Gasteiger partial charge in [0.05, 0.1) is 18.1 Å². The van der Waals surface area contributed by atoms with E-state index in [0.29, 0.717) is 18.8 Å². The van der Waals surface area contributed by atoms with E-state index in [9.17, 15) is 4.79 Å². The second-order valence-corrected chi connectivity index (χ2v) is 3.98. The molecule has 0 saturated carbocycles. The van der Waals surface area contributed by atoms with E-state index in [1.54, 1.807) is 23.3 Å². The maximum Gasteiger partial charge on any atom is 0.241 e. The van der Waals surface area contributed by atoms with Gasteiger partial charge in [0.1, 0.15) is 6.54 Å². The lowest BCUT2D eigenvalue weighted by atomic mass is 10.4. The zero-order chi connectivity index (χ0) is 13.5. The predicted molar refractivity (Wildman–Crippen MR) is 65.6 cm³/mol. The summed E-state index contributed by atoms with van der Waals surface area (Å²) in [4.78, 5) is 11.6. The number of hydrogen-bond donors (Lipinski definition) is 2. The molecule has 0 bridgehead atoms. The fourth-order valence-electron chi connectivity index (χ4n) is 1.53. The molecular weight excluding hydrogens is 248 g/mol. The minimum absolute atomic E-state index is 0.105. The lowest BCUT2D eigenvalue weighted by Crippen LogP contribution is -2.29. The summed E-state index contributed by atoms with van der Waals surface area (Å²) in [5.74, 6) is -0.105. The van der Waals surface area contributed by atoms with Crippen molar-refractivity contribution >= 4 is 5.91 Å². The molecule has 9 nitrogen and oxygen atoms in total. The number of nitrogens with two attached hydrogens (primary N) is 1. The SMILES string of the molecule is NCc1cn(CC(=O)NCCCn2ccnn2)nn1. The number of aryl methyl sites for hydroxylation is 1. The van der Waals surface area contributed by atoms with Crippen molar-refractivity contribution in [2.75, 3.05) is 6.54 Å². The minimum Gasteiger partial charge on any atom is -0.354 e. The van der Waals surface area contributed by atoms with Gasteiger partial charge in [-0.05, 0) is 6.42 Å². The molecule has 102 valence electrons. The molecule has 2 rings (SSSR count). The van der Waals surface area contributed by atoms with Crippen LogP contribution in [0.15, 0.2) is 18.6 Å². The number of hydrogen-bond acceptors (Lipinski definition) is 6. The van der Waals surface area contributed by atoms with Crippen LogP contribution in [0.25, 0.3) is 0 Å². The number of aromatic nitrogens is 6. The third-order valence-electron chi connectivity index (χ3n) is 2.46. The molecule has 9 heteroatoms. The van der Waals surface area contributed by atoms with Gasteiger partial charge in [0.25, 0.3) is 0 Å². The Hall–Kier alpha value is -2.29. The van der Waals surface area contributed by atoms with Gasteiger partial charge in [-0.15, -0.1) is 10.2 Å². The van der Waals surface area contributed by atoms with E-state index in [1.807, 2.05) is 0 Å². The Morgan fingerprint density at radius 1 is 1.37 bits per heavy atom. The van der Waals surface area contributed by atoms with E-state index in [2.05, 4.69) is 25.9 Å². The van der Waals surface area contributed by atoms with E-state index in [0.717, 1.165) is 13.0 Å². The third-order valence-corrected chi connectivity index (χ3v) is 2.46. The molecule has 0 radical (unpaired) electrons. The fourth-order valence-corrected chi connectivity index (χ4v) is 1.53. The summed E-state index contributed by atoms with van der Waals surface area (Å²) in [5, 5.41) is 17.9. The molecule has 0 aliphatic rings. The Kier molecular flexibility index (Phi) is 4.56. The summed E-state index contributed by atoms with van der Waals surface area (Å²) in [6.07, 6.45) is 5.86. The largest absolute Gasteiger partial charge is 0.354 e. The molecule has 0 unspecified atom stereocenters. The Morgan fingerprint density at radius 2 is 2.26 bits per heavy atom. The Labute approximate surface area is 109 Å². The molecule has 0 spiro atoms. The quantitative estimate of drug-likeness (QED) is 0.590. The number of nitrogens with zero attached hydrogens (tertiary/aromatic N) is 6. The molecule has 0 aliphatic carbocycles. The van der Waals surface area contributed by atoms with Gasteiger partial charge in [0.15, 0.2) is 0 Å². The first-order valence-electron chi connectivity index (χ1n) is 5.98. The highest BCUT2D eigenvalue weighted by Gasteiger charge is 2.04. The number of carbonyl (C=O) groups excluding carboxylic acids is 1. The Bertz CT molecular complexity index is 505. The zero-order valence-corrected chi connectivity index (χ0v) is 10.4. The van der Waals surface area contributed by atoms with Crippen LogP contribution in [0.5, 0.6) is 0 Å². The van der Waals surface area contributed by atoms with Gasteiger partial charge in [-0.1, -0.05) is 10.4 Å². The van der Waals surface area contributed by atoms with Gasteiger partial charge in [-0.2, -0.15) is 0 Å². The van der Waals surface area contributed by atoms with Crippen molar-refractivity contribution in [3.05, 3.63) is 24.3 Å². The molecular formula is C10H16N8O. The van der Waals surface area contributed by atoms with Crippen molar-refractivity contribution in [3.8, 4) is 0 Å². The standard InChI is InChI=1S/C10H16N8O/c11-6-9-7-18(16-14-9)8-10(19)12-2-1-4-17-5-3-13-15-17/h3,5,7H,1-2,4,6,8,11H2,(H,12,19). The summed E-state index contributed by atoms with van der Waals surface area (Å²) in [5.41, 5.74) is 6.07. The van der Waals surface area contributed by atoms with Crippen LogP contribution in [0.1, 0.15) is 12.1 Å². The van der Waals surface area contributed by atoms with Gasteiger partial charge < -0.3 is 11.1 Å². The van der Waals surface area contributed by atoms with Crippen LogP contribution in [-0.2, 0) is 24.4 Å². The highest BCUT2D eigenvalue weighted by molar-refractivity contribution is 5.75. The van der Waals surface area contributed by atoms with Crippen LogP contribution in [0, 0.1) is 0 Å². The average molecular weight is 264 g/mol. The zero-order valence-electron chi connectivity index (χ0n) is 10.4. The maximum absolute atomic E-state index is 11.6. The van der Waals surface area contributed by atoms with E-state index in [-0.39, 0.29) is 12.5 Å². The Balaban J connectivity index is 1.64. The van der Waals surface area contributed by atoms with E-state index in [4.69, 9.17) is 5.73 Å². The summed E-state index contributed by atoms with van der Waals surface area (Å²) in [7, 11) is 0. The predicted octanol–water partition coefficient (Wildman–Crippen LogP) is -1.47. The summed E-state index contributed by atoms with van der Waals surface area (Å²) >= 11 is 0. The average Bonchev–Trinajstić information content (AvgIpc) is 3.05. The van der Waals surface area contributed by atoms with Crippen molar-refractivity contribution in [1.29, 1.82) is 0 Å². The lowest BCUT2D eigenvalue weighted by molar-refractivity contribution is -0.121. The molecule has 0 aromatic carbocycles. The van der Waals surface area contributed by atoms with E-state index < -0.39 is 0 Å². The van der Waals surface area contributed by atoms with Crippen LogP contribution < -0.4 is 11.1 Å². The molecule has 3 N–H and O–H groups in total. The van der Waals surface area contributed by atoms with Crippen molar-refractivity contribution in [2.45, 2.75) is 26.1 Å². The van der Waals surface area contributed by atoms with Gasteiger partial charge >= 0.3 is 0 Å². The van der Waals surface area contributed by atoms with Crippen molar-refractivity contribution < 1.29 is 4.79 Å². The maximum atomic E-state index is 11.6. The smallest absolute Gasteiger partial charge is 0.241 e. The van der Waals surface area contributed by atoms with Crippen molar-refractivity contribution in [1.82, 2.24) is 35.3 Å². The van der Waals surface area contributed by atoms with Crippen molar-refractivity contribution in [2.24, 2.45) is 5.73 Å². The van der Waals surface area contributed by atoms with E-state index >= 15 is 0 Å². The van der Waals surface area contributed by atoms with Crippen LogP contribution in [0.2, 0.25) is 0 Å². The van der Waals surface area contributed by atoms with Crippen LogP contribution >= 0.6 is 0 Å². The highest BCUT2D eigenvalue weighted by Crippen LogP contribution is 1.91. The highest BCUT2D eigenvalue weighted by atomic mass is 16.2. The molecule has 0 saturated heterocycles. The molecule has 19 heavy (non-hydrogen) atoms. The van der Waals surface area contributed by atoms with E-state index in [1.165, 1.54) is 4.68 Å². The first kappa shape index (κ1) is 13.1. The number of amides is 1. The molecule has 0 fully saturated rings. The topological polar surface area (TPSA) is 117 Å². The first-order chi connectivity index (χ1) is 9.28. The molecule has 2 heterocycles. The monoisotopic (exact) mass is 264 g/mol. The first-order valence-corrected chi connectivity index (χ1v) is 5.98. The summed E-state index contributed by atoms with van der Waals surface area (Å²) < 4.78 is 3.19. The fraction of sp³-hybridized carbons (Fsp3) is 0.500. The van der Waals surface area contributed by atoms with Gasteiger partial charge in [-0.3, -0.25) is 9.48 Å². The van der Waals surface area contributed by atoms with Gasteiger partial charge in [0.2, 0.25) is 5.91 Å². The molecule has 0 atom stereocenters. The second-order valence-electron chi connectivity index (χ2n) is 3.98. The van der Waals surface area contributed by atoms with Crippen molar-refractivity contribution in [3.63, 3.8) is 0 Å². The molecule has 2 aromatic rings.